The predicted octanol–water partition coefficient (Wildman–Crippen LogP) is 4.09. The van der Waals surface area contributed by atoms with Crippen molar-refractivity contribution in [2.45, 2.75) is 38.8 Å². The molecule has 2 amide bonds. The fourth-order valence-electron chi connectivity index (χ4n) is 3.60. The largest absolute Gasteiger partial charge is 0.330 e. The molecule has 1 aliphatic heterocycles. The van der Waals surface area contributed by atoms with Gasteiger partial charge in [-0.15, -0.1) is 22.9 Å². The number of fused-ring (bicyclic) bond motifs is 1. The van der Waals surface area contributed by atoms with Crippen LogP contribution < -0.4 is 0 Å². The summed E-state index contributed by atoms with van der Waals surface area (Å²) in [5.74, 6) is -0.322. The Hall–Kier alpha value is -1.85. The molecule has 2 heterocycles. The van der Waals surface area contributed by atoms with Gasteiger partial charge in [-0.05, 0) is 42.3 Å². The van der Waals surface area contributed by atoms with Crippen LogP contribution in [-0.4, -0.2) is 46.6 Å². The van der Waals surface area contributed by atoms with Crippen LogP contribution >= 0.6 is 22.9 Å². The third-order valence-electron chi connectivity index (χ3n) is 5.26. The van der Waals surface area contributed by atoms with Crippen molar-refractivity contribution >= 4 is 34.8 Å². The highest BCUT2D eigenvalue weighted by Crippen LogP contribution is 2.37. The molecule has 0 bridgehead atoms. The zero-order chi connectivity index (χ0) is 19.4. The van der Waals surface area contributed by atoms with Crippen LogP contribution in [0.25, 0.3) is 0 Å². The maximum atomic E-state index is 13.3. The Morgan fingerprint density at radius 3 is 2.70 bits per heavy atom. The smallest absolute Gasteiger partial charge is 0.243 e. The Balaban J connectivity index is 1.89. The van der Waals surface area contributed by atoms with E-state index in [2.05, 4.69) is 23.6 Å². The van der Waals surface area contributed by atoms with Gasteiger partial charge in [0.05, 0.1) is 6.04 Å². The minimum Gasteiger partial charge on any atom is -0.330 e. The first-order valence-electron chi connectivity index (χ1n) is 9.32. The van der Waals surface area contributed by atoms with Gasteiger partial charge in [-0.1, -0.05) is 37.3 Å². The fraction of sp³-hybridized carbons (Fsp3) is 0.429. The molecule has 1 aliphatic rings. The van der Waals surface area contributed by atoms with E-state index in [0.29, 0.717) is 6.54 Å². The Morgan fingerprint density at radius 2 is 2.04 bits per heavy atom. The van der Waals surface area contributed by atoms with E-state index in [0.717, 1.165) is 18.4 Å². The Labute approximate surface area is 169 Å². The number of hydrogen-bond donors (Lipinski definition) is 0. The lowest BCUT2D eigenvalue weighted by atomic mass is 9.93. The van der Waals surface area contributed by atoms with Crippen molar-refractivity contribution in [1.29, 1.82) is 0 Å². The number of benzene rings is 1. The van der Waals surface area contributed by atoms with Gasteiger partial charge in [0, 0.05) is 17.5 Å². The number of hydrogen-bond acceptors (Lipinski definition) is 3. The first-order valence-corrected chi connectivity index (χ1v) is 10.7. The lowest BCUT2D eigenvalue weighted by Gasteiger charge is -2.38. The maximum absolute atomic E-state index is 13.3. The number of halogens is 1. The molecule has 2 atom stereocenters. The van der Waals surface area contributed by atoms with Crippen LogP contribution in [0.4, 0.5) is 0 Å². The van der Waals surface area contributed by atoms with Gasteiger partial charge in [-0.25, -0.2) is 0 Å². The van der Waals surface area contributed by atoms with E-state index in [9.17, 15) is 9.59 Å². The molecule has 0 fully saturated rings. The number of thiophene rings is 1. The summed E-state index contributed by atoms with van der Waals surface area (Å²) < 4.78 is 0. The minimum atomic E-state index is -0.191. The molecule has 0 spiro atoms. The van der Waals surface area contributed by atoms with Crippen LogP contribution in [0.3, 0.4) is 0 Å². The van der Waals surface area contributed by atoms with Crippen molar-refractivity contribution in [2.75, 3.05) is 19.0 Å². The summed E-state index contributed by atoms with van der Waals surface area (Å²) in [6.45, 7) is 4.70. The van der Waals surface area contributed by atoms with Crippen LogP contribution in [0, 0.1) is 0 Å². The van der Waals surface area contributed by atoms with Gasteiger partial charge in [0.1, 0.15) is 12.4 Å². The van der Waals surface area contributed by atoms with Crippen molar-refractivity contribution in [2.24, 2.45) is 0 Å². The summed E-state index contributed by atoms with van der Waals surface area (Å²) >= 11 is 7.53. The van der Waals surface area contributed by atoms with Gasteiger partial charge >= 0.3 is 0 Å². The highest BCUT2D eigenvalue weighted by molar-refractivity contribution is 7.10. The highest BCUT2D eigenvalue weighted by atomic mass is 35.5. The molecular weight excluding hydrogens is 380 g/mol. The number of nitrogens with zero attached hydrogens (tertiary/aromatic N) is 2. The molecule has 0 radical (unpaired) electrons. The fourth-order valence-corrected chi connectivity index (χ4v) is 4.66. The van der Waals surface area contributed by atoms with Gasteiger partial charge < -0.3 is 9.80 Å². The summed E-state index contributed by atoms with van der Waals surface area (Å²) in [7, 11) is 0. The molecule has 0 aliphatic carbocycles. The third-order valence-corrected chi connectivity index (χ3v) is 6.49. The molecule has 27 heavy (non-hydrogen) atoms. The number of carbonyl (C=O) groups excluding carboxylic acids is 2. The lowest BCUT2D eigenvalue weighted by Crippen LogP contribution is -2.49. The van der Waals surface area contributed by atoms with Crippen LogP contribution in [0.5, 0.6) is 0 Å². The van der Waals surface area contributed by atoms with Gasteiger partial charge in [-0.3, -0.25) is 9.59 Å². The van der Waals surface area contributed by atoms with Gasteiger partial charge in [0.15, 0.2) is 0 Å². The molecule has 3 rings (SSSR count). The van der Waals surface area contributed by atoms with Crippen molar-refractivity contribution in [3.63, 3.8) is 0 Å². The minimum absolute atomic E-state index is 0.0168. The van der Waals surface area contributed by atoms with Gasteiger partial charge in [-0.2, -0.15) is 0 Å². The second-order valence-corrected chi connectivity index (χ2v) is 8.13. The molecule has 144 valence electrons. The van der Waals surface area contributed by atoms with Crippen molar-refractivity contribution in [3.05, 3.63) is 57.8 Å². The van der Waals surface area contributed by atoms with Crippen molar-refractivity contribution < 1.29 is 9.59 Å². The van der Waals surface area contributed by atoms with Crippen molar-refractivity contribution in [3.8, 4) is 0 Å². The molecule has 2 unspecified atom stereocenters. The molecule has 1 aromatic carbocycles. The summed E-state index contributed by atoms with van der Waals surface area (Å²) in [6.07, 6.45) is 1.64. The summed E-state index contributed by atoms with van der Waals surface area (Å²) in [6, 6.07) is 12.1. The SMILES string of the molecule is CCC(C)N(CC(=O)N1CCc2sccc2C1c1ccccc1)C(=O)CCl. The van der Waals surface area contributed by atoms with Crippen LogP contribution in [0.1, 0.15) is 42.3 Å². The quantitative estimate of drug-likeness (QED) is 0.680. The van der Waals surface area contributed by atoms with E-state index >= 15 is 0 Å². The average Bonchev–Trinajstić information content (AvgIpc) is 3.19. The number of rotatable bonds is 6. The van der Waals surface area contributed by atoms with E-state index in [1.54, 1.807) is 16.2 Å². The molecule has 1 aromatic heterocycles. The summed E-state index contributed by atoms with van der Waals surface area (Å²) in [5, 5.41) is 2.09. The summed E-state index contributed by atoms with van der Waals surface area (Å²) in [5.41, 5.74) is 2.30. The van der Waals surface area contributed by atoms with Gasteiger partial charge in [0.2, 0.25) is 11.8 Å². The Kier molecular flexibility index (Phi) is 6.55. The monoisotopic (exact) mass is 404 g/mol. The first kappa shape index (κ1) is 19.9. The summed E-state index contributed by atoms with van der Waals surface area (Å²) in [4.78, 5) is 30.4. The Morgan fingerprint density at radius 1 is 1.30 bits per heavy atom. The van der Waals surface area contributed by atoms with E-state index < -0.39 is 0 Å². The van der Waals surface area contributed by atoms with Crippen molar-refractivity contribution in [1.82, 2.24) is 9.80 Å². The molecule has 0 saturated carbocycles. The second kappa shape index (κ2) is 8.89. The predicted molar refractivity (Wildman–Crippen MR) is 110 cm³/mol. The molecule has 4 nitrogen and oxygen atoms in total. The zero-order valence-corrected chi connectivity index (χ0v) is 17.3. The Bertz CT molecular complexity index is 792. The topological polar surface area (TPSA) is 40.6 Å². The van der Waals surface area contributed by atoms with E-state index in [1.165, 1.54) is 10.4 Å². The standard InChI is InChI=1S/C21H25ClN2O2S/c1-3-15(2)24(19(25)13-22)14-20(26)23-11-9-18-17(10-12-27-18)21(23)16-7-5-4-6-8-16/h4-8,10,12,15,21H,3,9,11,13-14H2,1-2H3. The maximum Gasteiger partial charge on any atom is 0.243 e. The van der Waals surface area contributed by atoms with Crippen LogP contribution in [0.2, 0.25) is 0 Å². The number of carbonyl (C=O) groups is 2. The molecule has 2 aromatic rings. The number of alkyl halides is 1. The number of amides is 2. The highest BCUT2D eigenvalue weighted by Gasteiger charge is 2.34. The normalized spacial score (nSPS) is 17.3. The molecular formula is C21H25ClN2O2S. The lowest BCUT2D eigenvalue weighted by molar-refractivity contribution is -0.142. The van der Waals surface area contributed by atoms with E-state index in [-0.39, 0.29) is 36.3 Å². The molecule has 0 N–H and O–H groups in total. The van der Waals surface area contributed by atoms with E-state index in [1.807, 2.05) is 36.9 Å². The van der Waals surface area contributed by atoms with Crippen LogP contribution in [-0.2, 0) is 16.0 Å². The first-order chi connectivity index (χ1) is 13.1. The van der Waals surface area contributed by atoms with Crippen LogP contribution in [0.15, 0.2) is 41.8 Å². The zero-order valence-electron chi connectivity index (χ0n) is 15.7. The molecule has 6 heteroatoms. The molecule has 0 saturated heterocycles. The van der Waals surface area contributed by atoms with Gasteiger partial charge in [0.25, 0.3) is 0 Å². The average molecular weight is 405 g/mol. The third kappa shape index (κ3) is 4.19. The van der Waals surface area contributed by atoms with E-state index in [4.69, 9.17) is 11.6 Å². The second-order valence-electron chi connectivity index (χ2n) is 6.86.